The molecule has 2 aromatic rings. The van der Waals surface area contributed by atoms with Crippen molar-refractivity contribution in [2.24, 2.45) is 5.92 Å². The molecule has 4 nitrogen and oxygen atoms in total. The van der Waals surface area contributed by atoms with Gasteiger partial charge in [-0.2, -0.15) is 0 Å². The standard InChI is InChI=1S/C14H18FN3O/c1-9(2)7-18-13(8-19)16-17-14(18)12-6-11(15)5-4-10(12)3/h4-6,9,19H,7-8H2,1-3H3. The van der Waals surface area contributed by atoms with Crippen molar-refractivity contribution >= 4 is 0 Å². The van der Waals surface area contributed by atoms with Gasteiger partial charge in [0.25, 0.3) is 0 Å². The molecule has 0 radical (unpaired) electrons. The van der Waals surface area contributed by atoms with Crippen LogP contribution in [0.1, 0.15) is 25.2 Å². The lowest BCUT2D eigenvalue weighted by molar-refractivity contribution is 0.262. The third kappa shape index (κ3) is 2.81. The Kier molecular flexibility index (Phi) is 3.95. The highest BCUT2D eigenvalue weighted by atomic mass is 19.1. The minimum absolute atomic E-state index is 0.173. The Morgan fingerprint density at radius 1 is 1.32 bits per heavy atom. The first-order valence-electron chi connectivity index (χ1n) is 6.32. The Labute approximate surface area is 111 Å². The summed E-state index contributed by atoms with van der Waals surface area (Å²) < 4.78 is 15.3. The first-order valence-corrected chi connectivity index (χ1v) is 6.32. The highest BCUT2D eigenvalue weighted by molar-refractivity contribution is 5.60. The molecular formula is C14H18FN3O. The molecule has 19 heavy (non-hydrogen) atoms. The maximum atomic E-state index is 13.4. The first kappa shape index (κ1) is 13.7. The molecular weight excluding hydrogens is 245 g/mol. The van der Waals surface area contributed by atoms with Crippen LogP contribution in [0.15, 0.2) is 18.2 Å². The van der Waals surface area contributed by atoms with E-state index in [4.69, 9.17) is 0 Å². The van der Waals surface area contributed by atoms with Crippen molar-refractivity contribution in [3.63, 3.8) is 0 Å². The number of aromatic nitrogens is 3. The molecule has 1 N–H and O–H groups in total. The minimum atomic E-state index is -0.301. The van der Waals surface area contributed by atoms with Gasteiger partial charge >= 0.3 is 0 Å². The van der Waals surface area contributed by atoms with Gasteiger partial charge in [0.2, 0.25) is 0 Å². The average molecular weight is 263 g/mol. The SMILES string of the molecule is Cc1ccc(F)cc1-c1nnc(CO)n1CC(C)C. The second-order valence-electron chi connectivity index (χ2n) is 5.06. The molecule has 0 saturated heterocycles. The topological polar surface area (TPSA) is 50.9 Å². The molecule has 1 aromatic carbocycles. The van der Waals surface area contributed by atoms with E-state index < -0.39 is 0 Å². The zero-order valence-corrected chi connectivity index (χ0v) is 11.4. The monoisotopic (exact) mass is 263 g/mol. The Morgan fingerprint density at radius 2 is 2.05 bits per heavy atom. The lowest BCUT2D eigenvalue weighted by atomic mass is 10.1. The van der Waals surface area contributed by atoms with Crippen molar-refractivity contribution in [3.8, 4) is 11.4 Å². The highest BCUT2D eigenvalue weighted by Gasteiger charge is 2.16. The van der Waals surface area contributed by atoms with Crippen molar-refractivity contribution in [1.82, 2.24) is 14.8 Å². The predicted molar refractivity (Wildman–Crippen MR) is 70.9 cm³/mol. The van der Waals surface area contributed by atoms with Crippen LogP contribution in [0.2, 0.25) is 0 Å². The minimum Gasteiger partial charge on any atom is -0.388 e. The van der Waals surface area contributed by atoms with Gasteiger partial charge in [0.15, 0.2) is 11.6 Å². The first-order chi connectivity index (χ1) is 9.02. The molecule has 0 fully saturated rings. The number of hydrogen-bond donors (Lipinski definition) is 1. The van der Waals surface area contributed by atoms with E-state index >= 15 is 0 Å². The average Bonchev–Trinajstić information content (AvgIpc) is 2.74. The molecule has 102 valence electrons. The lowest BCUT2D eigenvalue weighted by Crippen LogP contribution is -2.10. The number of hydrogen-bond acceptors (Lipinski definition) is 3. The van der Waals surface area contributed by atoms with Crippen LogP contribution in [0.3, 0.4) is 0 Å². The molecule has 0 aliphatic carbocycles. The summed E-state index contributed by atoms with van der Waals surface area (Å²) in [4.78, 5) is 0. The number of nitrogens with zero attached hydrogens (tertiary/aromatic N) is 3. The molecule has 0 bridgehead atoms. The van der Waals surface area contributed by atoms with Crippen LogP contribution < -0.4 is 0 Å². The molecule has 1 aromatic heterocycles. The third-order valence-electron chi connectivity index (χ3n) is 2.96. The Hall–Kier alpha value is -1.75. The van der Waals surface area contributed by atoms with Crippen molar-refractivity contribution in [3.05, 3.63) is 35.4 Å². The smallest absolute Gasteiger partial charge is 0.164 e. The van der Waals surface area contributed by atoms with Crippen LogP contribution in [0.4, 0.5) is 4.39 Å². The molecule has 0 spiro atoms. The van der Waals surface area contributed by atoms with Gasteiger partial charge in [0.05, 0.1) is 0 Å². The van der Waals surface area contributed by atoms with E-state index in [1.165, 1.54) is 12.1 Å². The Morgan fingerprint density at radius 3 is 2.68 bits per heavy atom. The van der Waals surface area contributed by atoms with E-state index in [2.05, 4.69) is 24.0 Å². The normalized spacial score (nSPS) is 11.3. The van der Waals surface area contributed by atoms with Crippen LogP contribution in [0.5, 0.6) is 0 Å². The van der Waals surface area contributed by atoms with Crippen LogP contribution in [0.25, 0.3) is 11.4 Å². The Balaban J connectivity index is 2.55. The van der Waals surface area contributed by atoms with Gasteiger partial charge in [-0.1, -0.05) is 19.9 Å². The van der Waals surface area contributed by atoms with E-state index in [9.17, 15) is 9.50 Å². The molecule has 2 rings (SSSR count). The van der Waals surface area contributed by atoms with Crippen molar-refractivity contribution in [2.45, 2.75) is 33.9 Å². The van der Waals surface area contributed by atoms with Gasteiger partial charge < -0.3 is 9.67 Å². The van der Waals surface area contributed by atoms with Gasteiger partial charge in [0.1, 0.15) is 12.4 Å². The van der Waals surface area contributed by atoms with Crippen LogP contribution in [-0.2, 0) is 13.2 Å². The molecule has 1 heterocycles. The quantitative estimate of drug-likeness (QED) is 0.922. The second kappa shape index (κ2) is 5.48. The number of halogens is 1. The fourth-order valence-electron chi connectivity index (χ4n) is 2.04. The predicted octanol–water partition coefficient (Wildman–Crippen LogP) is 2.54. The second-order valence-corrected chi connectivity index (χ2v) is 5.06. The van der Waals surface area contributed by atoms with Crippen LogP contribution in [0, 0.1) is 18.7 Å². The zero-order valence-electron chi connectivity index (χ0n) is 11.4. The number of aliphatic hydroxyl groups excluding tert-OH is 1. The summed E-state index contributed by atoms with van der Waals surface area (Å²) in [6.45, 7) is 6.57. The van der Waals surface area contributed by atoms with Gasteiger partial charge in [-0.15, -0.1) is 10.2 Å². The summed E-state index contributed by atoms with van der Waals surface area (Å²) in [6.07, 6.45) is 0. The van der Waals surface area contributed by atoms with Crippen LogP contribution >= 0.6 is 0 Å². The lowest BCUT2D eigenvalue weighted by Gasteiger charge is -2.13. The summed E-state index contributed by atoms with van der Waals surface area (Å²) in [5.74, 6) is 1.20. The van der Waals surface area contributed by atoms with E-state index in [0.717, 1.165) is 5.56 Å². The number of benzene rings is 1. The Bertz CT molecular complexity index is 578. The van der Waals surface area contributed by atoms with Gasteiger partial charge in [0, 0.05) is 12.1 Å². The largest absolute Gasteiger partial charge is 0.388 e. The van der Waals surface area contributed by atoms with E-state index in [0.29, 0.717) is 29.7 Å². The molecule has 0 aliphatic rings. The molecule has 0 aliphatic heterocycles. The summed E-state index contributed by atoms with van der Waals surface area (Å²) in [7, 11) is 0. The summed E-state index contributed by atoms with van der Waals surface area (Å²) in [5.41, 5.74) is 1.65. The number of rotatable bonds is 4. The molecule has 0 saturated carbocycles. The van der Waals surface area contributed by atoms with E-state index in [1.54, 1.807) is 6.07 Å². The summed E-state index contributed by atoms with van der Waals surface area (Å²) in [6, 6.07) is 4.60. The fraction of sp³-hybridized carbons (Fsp3) is 0.429. The third-order valence-corrected chi connectivity index (χ3v) is 2.96. The molecule has 0 atom stereocenters. The van der Waals surface area contributed by atoms with Gasteiger partial charge in [-0.05, 0) is 30.5 Å². The molecule has 0 amide bonds. The van der Waals surface area contributed by atoms with Crippen molar-refractivity contribution < 1.29 is 9.50 Å². The molecule has 5 heteroatoms. The van der Waals surface area contributed by atoms with Gasteiger partial charge in [-0.25, -0.2) is 4.39 Å². The zero-order chi connectivity index (χ0) is 14.0. The number of aryl methyl sites for hydroxylation is 1. The fourth-order valence-corrected chi connectivity index (χ4v) is 2.04. The van der Waals surface area contributed by atoms with Crippen molar-refractivity contribution in [2.75, 3.05) is 0 Å². The number of aliphatic hydroxyl groups is 1. The summed E-state index contributed by atoms with van der Waals surface area (Å²) >= 11 is 0. The highest BCUT2D eigenvalue weighted by Crippen LogP contribution is 2.24. The van der Waals surface area contributed by atoms with E-state index in [-0.39, 0.29) is 12.4 Å². The van der Waals surface area contributed by atoms with Gasteiger partial charge in [-0.3, -0.25) is 0 Å². The maximum absolute atomic E-state index is 13.4. The van der Waals surface area contributed by atoms with E-state index in [1.807, 2.05) is 11.5 Å². The summed E-state index contributed by atoms with van der Waals surface area (Å²) in [5, 5.41) is 17.4. The van der Waals surface area contributed by atoms with Crippen LogP contribution in [-0.4, -0.2) is 19.9 Å². The maximum Gasteiger partial charge on any atom is 0.164 e. The van der Waals surface area contributed by atoms with Crippen molar-refractivity contribution in [1.29, 1.82) is 0 Å². The molecule has 0 unspecified atom stereocenters.